The molecule has 0 aliphatic carbocycles. The van der Waals surface area contributed by atoms with Gasteiger partial charge < -0.3 is 5.32 Å². The van der Waals surface area contributed by atoms with E-state index in [1.807, 2.05) is 0 Å². The first-order valence-electron chi connectivity index (χ1n) is 5.72. The third-order valence-corrected chi connectivity index (χ3v) is 3.26. The number of hydrogen-bond acceptors (Lipinski definition) is 2. The molecule has 4 nitrogen and oxygen atoms in total. The van der Waals surface area contributed by atoms with Gasteiger partial charge in [0.25, 0.3) is 0 Å². The summed E-state index contributed by atoms with van der Waals surface area (Å²) >= 11 is 0. The summed E-state index contributed by atoms with van der Waals surface area (Å²) in [7, 11) is 1.78. The van der Waals surface area contributed by atoms with E-state index in [0.29, 0.717) is 6.42 Å². The van der Waals surface area contributed by atoms with Crippen molar-refractivity contribution in [3.63, 3.8) is 0 Å². The minimum absolute atomic E-state index is 0.0413. The number of nitrogens with zero attached hydrogens (tertiary/aromatic N) is 2. The number of amides is 1. The molecule has 0 unspecified atom stereocenters. The van der Waals surface area contributed by atoms with E-state index in [4.69, 9.17) is 0 Å². The molecule has 3 rings (SSSR count). The summed E-state index contributed by atoms with van der Waals surface area (Å²) in [5, 5.41) is 6.96. The maximum Gasteiger partial charge on any atom is 0.226 e. The van der Waals surface area contributed by atoms with E-state index in [-0.39, 0.29) is 17.6 Å². The Morgan fingerprint density at radius 1 is 1.39 bits per heavy atom. The van der Waals surface area contributed by atoms with Gasteiger partial charge in [0.1, 0.15) is 11.6 Å². The van der Waals surface area contributed by atoms with E-state index in [9.17, 15) is 9.18 Å². The van der Waals surface area contributed by atoms with Gasteiger partial charge in [0.2, 0.25) is 5.91 Å². The lowest BCUT2D eigenvalue weighted by molar-refractivity contribution is -0.116. The molecule has 0 saturated heterocycles. The van der Waals surface area contributed by atoms with Gasteiger partial charge in [-0.2, -0.15) is 5.10 Å². The van der Waals surface area contributed by atoms with Gasteiger partial charge in [-0.15, -0.1) is 0 Å². The van der Waals surface area contributed by atoms with Crippen LogP contribution in [0.2, 0.25) is 0 Å². The number of rotatable bonds is 1. The molecule has 0 bridgehead atoms. The molecule has 1 aromatic heterocycles. The van der Waals surface area contributed by atoms with E-state index in [1.54, 1.807) is 30.1 Å². The van der Waals surface area contributed by atoms with Crippen LogP contribution < -0.4 is 5.32 Å². The van der Waals surface area contributed by atoms with Crippen molar-refractivity contribution in [3.8, 4) is 0 Å². The second-order valence-electron chi connectivity index (χ2n) is 4.43. The minimum atomic E-state index is -0.273. The maximum atomic E-state index is 12.9. The first kappa shape index (κ1) is 11.0. The normalized spacial score (nSPS) is 18.3. The summed E-state index contributed by atoms with van der Waals surface area (Å²) in [5.41, 5.74) is 1.91. The van der Waals surface area contributed by atoms with E-state index in [0.717, 1.165) is 16.9 Å². The zero-order chi connectivity index (χ0) is 12.7. The topological polar surface area (TPSA) is 46.9 Å². The first-order valence-corrected chi connectivity index (χ1v) is 5.72. The number of carbonyl (C=O) groups is 1. The third kappa shape index (κ3) is 1.68. The molecule has 0 fully saturated rings. The van der Waals surface area contributed by atoms with Crippen molar-refractivity contribution in [2.75, 3.05) is 5.32 Å². The monoisotopic (exact) mass is 245 g/mol. The van der Waals surface area contributed by atoms with Crippen LogP contribution in [0.4, 0.5) is 10.2 Å². The molecule has 1 amide bonds. The van der Waals surface area contributed by atoms with Gasteiger partial charge in [0, 0.05) is 24.9 Å². The molecule has 0 spiro atoms. The fourth-order valence-corrected chi connectivity index (χ4v) is 2.33. The quantitative estimate of drug-likeness (QED) is 0.835. The fraction of sp³-hybridized carbons (Fsp3) is 0.231. The molecule has 1 atom stereocenters. The zero-order valence-electron chi connectivity index (χ0n) is 9.85. The summed E-state index contributed by atoms with van der Waals surface area (Å²) in [4.78, 5) is 11.7. The summed E-state index contributed by atoms with van der Waals surface area (Å²) < 4.78 is 14.6. The molecule has 5 heteroatoms. The molecule has 1 aliphatic rings. The van der Waals surface area contributed by atoms with Crippen molar-refractivity contribution < 1.29 is 9.18 Å². The van der Waals surface area contributed by atoms with Crippen LogP contribution in [0.1, 0.15) is 23.5 Å². The SMILES string of the molecule is Cn1ncc2c1NC(=O)C[C@@H]2c1ccc(F)cc1. The highest BCUT2D eigenvalue weighted by Gasteiger charge is 2.29. The first-order chi connectivity index (χ1) is 8.65. The Kier molecular flexibility index (Phi) is 2.40. The largest absolute Gasteiger partial charge is 0.311 e. The molecule has 0 saturated carbocycles. The summed E-state index contributed by atoms with van der Waals surface area (Å²) in [6, 6.07) is 6.26. The summed E-state index contributed by atoms with van der Waals surface area (Å²) in [6.07, 6.45) is 2.12. The van der Waals surface area contributed by atoms with Crippen molar-refractivity contribution in [2.45, 2.75) is 12.3 Å². The number of halogens is 1. The number of benzene rings is 1. The van der Waals surface area contributed by atoms with Crippen molar-refractivity contribution >= 4 is 11.7 Å². The Morgan fingerprint density at radius 2 is 2.11 bits per heavy atom. The lowest BCUT2D eigenvalue weighted by Gasteiger charge is -2.23. The number of nitrogens with one attached hydrogen (secondary N) is 1. The van der Waals surface area contributed by atoms with Crippen molar-refractivity contribution in [3.05, 3.63) is 47.4 Å². The van der Waals surface area contributed by atoms with Gasteiger partial charge in [-0.05, 0) is 17.7 Å². The van der Waals surface area contributed by atoms with Gasteiger partial charge in [0.05, 0.1) is 6.20 Å². The molecule has 2 heterocycles. The highest BCUT2D eigenvalue weighted by atomic mass is 19.1. The van der Waals surface area contributed by atoms with Crippen LogP contribution in [0, 0.1) is 5.82 Å². The Labute approximate surface area is 103 Å². The molecule has 2 aromatic rings. The maximum absolute atomic E-state index is 12.9. The van der Waals surface area contributed by atoms with Gasteiger partial charge in [-0.3, -0.25) is 9.48 Å². The van der Waals surface area contributed by atoms with Crippen molar-refractivity contribution in [1.82, 2.24) is 9.78 Å². The molecule has 92 valence electrons. The van der Waals surface area contributed by atoms with Crippen LogP contribution in [0.25, 0.3) is 0 Å². The summed E-state index contributed by atoms with van der Waals surface area (Å²) in [5.74, 6) is 0.356. The number of anilines is 1. The van der Waals surface area contributed by atoms with Crippen LogP contribution in [0.15, 0.2) is 30.5 Å². The van der Waals surface area contributed by atoms with E-state index in [2.05, 4.69) is 10.4 Å². The number of aryl methyl sites for hydroxylation is 1. The van der Waals surface area contributed by atoms with Gasteiger partial charge in [0.15, 0.2) is 0 Å². The van der Waals surface area contributed by atoms with Crippen molar-refractivity contribution in [2.24, 2.45) is 7.05 Å². The molecule has 1 aromatic carbocycles. The average molecular weight is 245 g/mol. The third-order valence-electron chi connectivity index (χ3n) is 3.26. The van der Waals surface area contributed by atoms with Crippen molar-refractivity contribution in [1.29, 1.82) is 0 Å². The Balaban J connectivity index is 2.07. The average Bonchev–Trinajstić information content (AvgIpc) is 2.71. The molecular formula is C13H12FN3O. The minimum Gasteiger partial charge on any atom is -0.311 e. The smallest absolute Gasteiger partial charge is 0.226 e. The number of fused-ring (bicyclic) bond motifs is 1. The molecule has 0 radical (unpaired) electrons. The predicted molar refractivity (Wildman–Crippen MR) is 64.7 cm³/mol. The fourth-order valence-electron chi connectivity index (χ4n) is 2.33. The Bertz CT molecular complexity index is 603. The van der Waals surface area contributed by atoms with Gasteiger partial charge in [-0.25, -0.2) is 4.39 Å². The van der Waals surface area contributed by atoms with Crippen LogP contribution in [-0.4, -0.2) is 15.7 Å². The van der Waals surface area contributed by atoms with E-state index >= 15 is 0 Å². The highest BCUT2D eigenvalue weighted by Crippen LogP contribution is 2.36. The molecular weight excluding hydrogens is 233 g/mol. The molecule has 1 aliphatic heterocycles. The second-order valence-corrected chi connectivity index (χ2v) is 4.43. The number of carbonyl (C=O) groups excluding carboxylic acids is 1. The number of aromatic nitrogens is 2. The van der Waals surface area contributed by atoms with E-state index < -0.39 is 0 Å². The van der Waals surface area contributed by atoms with Crippen LogP contribution in [0.5, 0.6) is 0 Å². The Morgan fingerprint density at radius 3 is 2.83 bits per heavy atom. The van der Waals surface area contributed by atoms with Crippen LogP contribution in [0.3, 0.4) is 0 Å². The molecule has 18 heavy (non-hydrogen) atoms. The van der Waals surface area contributed by atoms with Gasteiger partial charge >= 0.3 is 0 Å². The lowest BCUT2D eigenvalue weighted by atomic mass is 9.87. The summed E-state index contributed by atoms with van der Waals surface area (Å²) in [6.45, 7) is 0. The predicted octanol–water partition coefficient (Wildman–Crippen LogP) is 2.03. The molecule has 1 N–H and O–H groups in total. The lowest BCUT2D eigenvalue weighted by Crippen LogP contribution is -2.24. The van der Waals surface area contributed by atoms with Gasteiger partial charge in [-0.1, -0.05) is 12.1 Å². The van der Waals surface area contributed by atoms with Crippen LogP contribution >= 0.6 is 0 Å². The Hall–Kier alpha value is -2.17. The second kappa shape index (κ2) is 3.94. The van der Waals surface area contributed by atoms with E-state index in [1.165, 1.54) is 12.1 Å². The number of hydrogen-bond donors (Lipinski definition) is 1. The highest BCUT2D eigenvalue weighted by molar-refractivity contribution is 5.94. The standard InChI is InChI=1S/C13H12FN3O/c1-17-13-11(7-15-17)10(6-12(18)16-13)8-2-4-9(14)5-3-8/h2-5,7,10H,6H2,1H3,(H,16,18)/t10-/m1/s1. The zero-order valence-corrected chi connectivity index (χ0v) is 9.85. The van der Waals surface area contributed by atoms with Crippen LogP contribution in [-0.2, 0) is 11.8 Å².